The second-order valence-electron chi connectivity index (χ2n) is 3.61. The van der Waals surface area contributed by atoms with Crippen molar-refractivity contribution in [3.63, 3.8) is 0 Å². The minimum absolute atomic E-state index is 0.0101. The Balaban J connectivity index is 2.60. The van der Waals surface area contributed by atoms with Crippen molar-refractivity contribution in [2.24, 2.45) is 11.7 Å². The van der Waals surface area contributed by atoms with Crippen LogP contribution in [-0.2, 0) is 4.79 Å². The van der Waals surface area contributed by atoms with Crippen molar-refractivity contribution in [1.29, 1.82) is 0 Å². The molecule has 0 spiro atoms. The van der Waals surface area contributed by atoms with Crippen LogP contribution in [0.4, 0.5) is 0 Å². The van der Waals surface area contributed by atoms with Gasteiger partial charge in [0.2, 0.25) is 5.91 Å². The van der Waals surface area contributed by atoms with Gasteiger partial charge in [0, 0.05) is 4.88 Å². The van der Waals surface area contributed by atoms with E-state index in [1.807, 2.05) is 31.4 Å². The largest absolute Gasteiger partial charge is 0.393 e. The quantitative estimate of drug-likeness (QED) is 0.794. The summed E-state index contributed by atoms with van der Waals surface area (Å²) < 4.78 is 0. The summed E-state index contributed by atoms with van der Waals surface area (Å²) in [5, 5.41) is 4.91. The predicted octanol–water partition coefficient (Wildman–Crippen LogP) is 2.24. The molecule has 3 N–H and O–H groups in total. The molecule has 1 aromatic rings. The van der Waals surface area contributed by atoms with Crippen LogP contribution in [0.2, 0.25) is 0 Å². The van der Waals surface area contributed by atoms with E-state index < -0.39 is 0 Å². The molecule has 2 unspecified atom stereocenters. The number of nitrogens with one attached hydrogen (secondary N) is 1. The normalized spacial score (nSPS) is 14.1. The minimum atomic E-state index is -0.364. The van der Waals surface area contributed by atoms with Gasteiger partial charge >= 0.3 is 0 Å². The van der Waals surface area contributed by atoms with Gasteiger partial charge in [-0.15, -0.1) is 11.3 Å². The molecule has 5 heteroatoms. The molecule has 1 amide bonds. The van der Waals surface area contributed by atoms with Crippen molar-refractivity contribution in [1.82, 2.24) is 5.32 Å². The van der Waals surface area contributed by atoms with Gasteiger partial charge < -0.3 is 11.1 Å². The number of amides is 1. The maximum Gasteiger partial charge on any atom is 0.230 e. The fourth-order valence-corrected chi connectivity index (χ4v) is 2.45. The van der Waals surface area contributed by atoms with Crippen LogP contribution >= 0.6 is 23.6 Å². The van der Waals surface area contributed by atoms with E-state index in [0.717, 1.165) is 4.88 Å². The number of thiophene rings is 1. The van der Waals surface area contributed by atoms with Gasteiger partial charge in [-0.25, -0.2) is 0 Å². The fraction of sp³-hybridized carbons (Fsp3) is 0.455. The molecule has 0 saturated carbocycles. The van der Waals surface area contributed by atoms with Crippen molar-refractivity contribution in [3.8, 4) is 0 Å². The van der Waals surface area contributed by atoms with Gasteiger partial charge in [-0.1, -0.05) is 25.2 Å². The Bertz CT molecular complexity index is 362. The van der Waals surface area contributed by atoms with E-state index in [0.29, 0.717) is 6.42 Å². The first-order chi connectivity index (χ1) is 7.56. The van der Waals surface area contributed by atoms with Gasteiger partial charge in [-0.2, -0.15) is 0 Å². The summed E-state index contributed by atoms with van der Waals surface area (Å²) in [6.45, 7) is 3.86. The lowest BCUT2D eigenvalue weighted by Crippen LogP contribution is -2.38. The van der Waals surface area contributed by atoms with Crippen LogP contribution < -0.4 is 11.1 Å². The molecule has 88 valence electrons. The lowest BCUT2D eigenvalue weighted by Gasteiger charge is -2.17. The van der Waals surface area contributed by atoms with E-state index in [4.69, 9.17) is 18.0 Å². The summed E-state index contributed by atoms with van der Waals surface area (Å²) in [6, 6.07) is 3.97. The molecule has 0 aliphatic heterocycles. The van der Waals surface area contributed by atoms with Crippen molar-refractivity contribution in [3.05, 3.63) is 22.4 Å². The van der Waals surface area contributed by atoms with Gasteiger partial charge in [-0.05, 0) is 24.8 Å². The number of nitrogens with two attached hydrogens (primary N) is 1. The summed E-state index contributed by atoms with van der Waals surface area (Å²) >= 11 is 6.49. The van der Waals surface area contributed by atoms with E-state index in [2.05, 4.69) is 5.32 Å². The molecule has 2 atom stereocenters. The minimum Gasteiger partial charge on any atom is -0.393 e. The third-order valence-electron chi connectivity index (χ3n) is 2.40. The predicted molar refractivity (Wildman–Crippen MR) is 71.4 cm³/mol. The van der Waals surface area contributed by atoms with Gasteiger partial charge in [0.1, 0.15) is 0 Å². The Morgan fingerprint density at radius 2 is 2.38 bits per heavy atom. The third kappa shape index (κ3) is 3.28. The Kier molecular flexibility index (Phi) is 4.89. The second kappa shape index (κ2) is 5.96. The van der Waals surface area contributed by atoms with Gasteiger partial charge in [0.05, 0.1) is 16.9 Å². The highest BCUT2D eigenvalue weighted by Crippen LogP contribution is 2.18. The monoisotopic (exact) mass is 256 g/mol. The zero-order valence-electron chi connectivity index (χ0n) is 9.40. The number of hydrogen-bond acceptors (Lipinski definition) is 3. The highest BCUT2D eigenvalue weighted by Gasteiger charge is 2.21. The van der Waals surface area contributed by atoms with E-state index in [-0.39, 0.29) is 22.9 Å². The third-order valence-corrected chi connectivity index (χ3v) is 3.74. The molecular formula is C11H16N2OS2. The van der Waals surface area contributed by atoms with Crippen molar-refractivity contribution in [2.45, 2.75) is 26.3 Å². The molecule has 0 radical (unpaired) electrons. The molecule has 0 fully saturated rings. The first kappa shape index (κ1) is 13.1. The van der Waals surface area contributed by atoms with Crippen molar-refractivity contribution in [2.75, 3.05) is 0 Å². The summed E-state index contributed by atoms with van der Waals surface area (Å²) in [4.78, 5) is 13.2. The maximum absolute atomic E-state index is 11.8. The van der Waals surface area contributed by atoms with Crippen LogP contribution in [0.5, 0.6) is 0 Å². The average molecular weight is 256 g/mol. The topological polar surface area (TPSA) is 55.1 Å². The Morgan fingerprint density at radius 3 is 2.81 bits per heavy atom. The van der Waals surface area contributed by atoms with Gasteiger partial charge in [0.25, 0.3) is 0 Å². The Morgan fingerprint density at radius 1 is 1.69 bits per heavy atom. The highest BCUT2D eigenvalue weighted by atomic mass is 32.1. The van der Waals surface area contributed by atoms with Gasteiger partial charge in [-0.3, -0.25) is 4.79 Å². The number of thiocarbonyl (C=S) groups is 1. The fourth-order valence-electron chi connectivity index (χ4n) is 1.44. The first-order valence-corrected chi connectivity index (χ1v) is 6.48. The SMILES string of the molecule is CCC(C(=O)NC(C)c1cccs1)C(N)=S. The summed E-state index contributed by atoms with van der Waals surface area (Å²) in [7, 11) is 0. The van der Waals surface area contributed by atoms with Crippen molar-refractivity contribution >= 4 is 34.5 Å². The molecule has 1 rings (SSSR count). The van der Waals surface area contributed by atoms with E-state index in [9.17, 15) is 4.79 Å². The summed E-state index contributed by atoms with van der Waals surface area (Å²) in [5.41, 5.74) is 5.52. The lowest BCUT2D eigenvalue weighted by molar-refractivity contribution is -0.123. The standard InChI is InChI=1S/C11H16N2OS2/c1-3-8(10(12)15)11(14)13-7(2)9-5-4-6-16-9/h4-8H,3H2,1-2H3,(H2,12,15)(H,13,14). The Labute approximate surface area is 105 Å². The molecule has 0 saturated heterocycles. The zero-order valence-corrected chi connectivity index (χ0v) is 11.0. The van der Waals surface area contributed by atoms with Crippen LogP contribution in [0.25, 0.3) is 0 Å². The molecule has 0 aliphatic rings. The van der Waals surface area contributed by atoms with E-state index >= 15 is 0 Å². The zero-order chi connectivity index (χ0) is 12.1. The number of hydrogen-bond donors (Lipinski definition) is 2. The van der Waals surface area contributed by atoms with Crippen LogP contribution in [0.3, 0.4) is 0 Å². The number of rotatable bonds is 5. The van der Waals surface area contributed by atoms with Crippen LogP contribution in [0, 0.1) is 5.92 Å². The Hall–Kier alpha value is -0.940. The second-order valence-corrected chi connectivity index (χ2v) is 5.06. The van der Waals surface area contributed by atoms with E-state index in [1.165, 1.54) is 0 Å². The molecule has 1 aromatic heterocycles. The highest BCUT2D eigenvalue weighted by molar-refractivity contribution is 7.80. The lowest BCUT2D eigenvalue weighted by atomic mass is 10.1. The number of carbonyl (C=O) groups is 1. The first-order valence-electron chi connectivity index (χ1n) is 5.19. The van der Waals surface area contributed by atoms with Crippen LogP contribution in [-0.4, -0.2) is 10.9 Å². The summed E-state index contributed by atoms with van der Waals surface area (Å²) in [6.07, 6.45) is 0.637. The number of carbonyl (C=O) groups excluding carboxylic acids is 1. The molecule has 16 heavy (non-hydrogen) atoms. The van der Waals surface area contributed by atoms with Crippen molar-refractivity contribution < 1.29 is 4.79 Å². The maximum atomic E-state index is 11.8. The molecule has 0 aromatic carbocycles. The molecule has 1 heterocycles. The molecular weight excluding hydrogens is 240 g/mol. The smallest absolute Gasteiger partial charge is 0.230 e. The van der Waals surface area contributed by atoms with E-state index in [1.54, 1.807) is 11.3 Å². The molecule has 0 bridgehead atoms. The average Bonchev–Trinajstić information content (AvgIpc) is 2.70. The molecule has 3 nitrogen and oxygen atoms in total. The van der Waals surface area contributed by atoms with Crippen LogP contribution in [0.15, 0.2) is 17.5 Å². The summed E-state index contributed by atoms with van der Waals surface area (Å²) in [5.74, 6) is -0.451. The van der Waals surface area contributed by atoms with Gasteiger partial charge in [0.15, 0.2) is 0 Å². The van der Waals surface area contributed by atoms with Crippen LogP contribution in [0.1, 0.15) is 31.2 Å². The molecule has 0 aliphatic carbocycles.